The van der Waals surface area contributed by atoms with E-state index < -0.39 is 0 Å². The van der Waals surface area contributed by atoms with Gasteiger partial charge >= 0.3 is 0 Å². The lowest BCUT2D eigenvalue weighted by molar-refractivity contribution is 0.475. The fraction of sp³-hybridized carbons (Fsp3) is 0. The number of aromatic hydroxyl groups is 1. The molecule has 2 nitrogen and oxygen atoms in total. The number of aromatic nitrogens is 1. The molecule has 4 rings (SSSR count). The Morgan fingerprint density at radius 1 is 0.760 bits per heavy atom. The Kier molecular flexibility index (Phi) is 4.26. The summed E-state index contributed by atoms with van der Waals surface area (Å²) in [5, 5.41) is 14.6. The summed E-state index contributed by atoms with van der Waals surface area (Å²) in [5.74, 6) is 0.246. The molecule has 2 aromatic heterocycles. The van der Waals surface area contributed by atoms with Gasteiger partial charge in [0, 0.05) is 21.5 Å². The van der Waals surface area contributed by atoms with Gasteiger partial charge in [-0.3, -0.25) is 0 Å². The Bertz CT molecular complexity index is 964. The van der Waals surface area contributed by atoms with Gasteiger partial charge in [0.25, 0.3) is 0 Å². The summed E-state index contributed by atoms with van der Waals surface area (Å²) in [5.41, 5.74) is 5.74. The van der Waals surface area contributed by atoms with Crippen LogP contribution in [-0.2, 0) is 0 Å². The minimum atomic E-state index is 0.246. The molecule has 0 aliphatic heterocycles. The molecule has 0 aliphatic carbocycles. The van der Waals surface area contributed by atoms with Crippen LogP contribution >= 0.6 is 22.9 Å². The highest BCUT2D eigenvalue weighted by molar-refractivity contribution is 7.08. The van der Waals surface area contributed by atoms with Gasteiger partial charge < -0.3 is 5.11 Å². The number of thiophene rings is 1. The van der Waals surface area contributed by atoms with E-state index in [1.807, 2.05) is 53.9 Å². The molecule has 0 aliphatic rings. The lowest BCUT2D eigenvalue weighted by Gasteiger charge is -2.10. The molecular formula is C21H14ClNOS. The fourth-order valence-electron chi connectivity index (χ4n) is 2.74. The Morgan fingerprint density at radius 3 is 2.24 bits per heavy atom. The largest absolute Gasteiger partial charge is 0.508 e. The van der Waals surface area contributed by atoms with Gasteiger partial charge in [-0.05, 0) is 59.0 Å². The predicted molar refractivity (Wildman–Crippen MR) is 105 cm³/mol. The second-order valence-corrected chi connectivity index (χ2v) is 6.92. The topological polar surface area (TPSA) is 33.1 Å². The van der Waals surface area contributed by atoms with Crippen LogP contribution < -0.4 is 0 Å². The molecule has 0 saturated heterocycles. The number of hydrogen-bond donors (Lipinski definition) is 1. The molecule has 1 N–H and O–H groups in total. The van der Waals surface area contributed by atoms with Gasteiger partial charge in [0.1, 0.15) is 5.75 Å². The average Bonchev–Trinajstić information content (AvgIpc) is 3.16. The van der Waals surface area contributed by atoms with Crippen molar-refractivity contribution in [1.29, 1.82) is 0 Å². The Hall–Kier alpha value is -2.62. The van der Waals surface area contributed by atoms with E-state index >= 15 is 0 Å². The summed E-state index contributed by atoms with van der Waals surface area (Å²) in [6.07, 6.45) is 0. The van der Waals surface area contributed by atoms with Crippen molar-refractivity contribution in [3.05, 3.63) is 82.5 Å². The molecule has 4 heteroatoms. The van der Waals surface area contributed by atoms with Crippen molar-refractivity contribution in [3.63, 3.8) is 0 Å². The van der Waals surface area contributed by atoms with E-state index in [4.69, 9.17) is 16.6 Å². The number of phenols is 1. The molecule has 2 heterocycles. The van der Waals surface area contributed by atoms with E-state index in [1.54, 1.807) is 23.5 Å². The number of halogens is 1. The SMILES string of the molecule is Oc1cccc(-c2cc(-c3ccsc3)nc(-c3cccc(Cl)c3)c2)c1. The molecule has 122 valence electrons. The van der Waals surface area contributed by atoms with Crippen LogP contribution in [0.15, 0.2) is 77.5 Å². The summed E-state index contributed by atoms with van der Waals surface area (Å²) >= 11 is 7.79. The number of benzene rings is 2. The summed E-state index contributed by atoms with van der Waals surface area (Å²) in [6.45, 7) is 0. The maximum absolute atomic E-state index is 9.82. The maximum atomic E-state index is 9.82. The molecule has 25 heavy (non-hydrogen) atoms. The zero-order valence-electron chi connectivity index (χ0n) is 13.2. The van der Waals surface area contributed by atoms with Crippen LogP contribution in [0.1, 0.15) is 0 Å². The van der Waals surface area contributed by atoms with Crippen molar-refractivity contribution < 1.29 is 5.11 Å². The molecule has 2 aromatic carbocycles. The van der Waals surface area contributed by atoms with Crippen molar-refractivity contribution in [2.24, 2.45) is 0 Å². The zero-order chi connectivity index (χ0) is 17.2. The molecule has 0 spiro atoms. The van der Waals surface area contributed by atoms with Crippen LogP contribution in [0.5, 0.6) is 5.75 Å². The van der Waals surface area contributed by atoms with Gasteiger partial charge in [0.05, 0.1) is 11.4 Å². The first kappa shape index (κ1) is 15.9. The van der Waals surface area contributed by atoms with Gasteiger partial charge in [0.2, 0.25) is 0 Å². The monoisotopic (exact) mass is 363 g/mol. The highest BCUT2D eigenvalue weighted by atomic mass is 35.5. The summed E-state index contributed by atoms with van der Waals surface area (Å²) < 4.78 is 0. The number of nitrogens with zero attached hydrogens (tertiary/aromatic N) is 1. The summed E-state index contributed by atoms with van der Waals surface area (Å²) in [6, 6.07) is 21.1. The highest BCUT2D eigenvalue weighted by Crippen LogP contribution is 2.32. The van der Waals surface area contributed by atoms with E-state index in [2.05, 4.69) is 11.4 Å². The van der Waals surface area contributed by atoms with Crippen LogP contribution in [0, 0.1) is 0 Å². The molecular weight excluding hydrogens is 350 g/mol. The van der Waals surface area contributed by atoms with Crippen LogP contribution in [0.4, 0.5) is 0 Å². The predicted octanol–water partition coefficient (Wildman–Crippen LogP) is 6.50. The van der Waals surface area contributed by atoms with Crippen LogP contribution in [-0.4, -0.2) is 10.1 Å². The molecule has 4 aromatic rings. The maximum Gasteiger partial charge on any atom is 0.116 e. The number of phenolic OH excluding ortho intramolecular Hbond substituents is 1. The lowest BCUT2D eigenvalue weighted by atomic mass is 10.0. The lowest BCUT2D eigenvalue weighted by Crippen LogP contribution is -1.90. The van der Waals surface area contributed by atoms with Gasteiger partial charge in [0.15, 0.2) is 0 Å². The Morgan fingerprint density at radius 2 is 1.52 bits per heavy atom. The number of hydrogen-bond acceptors (Lipinski definition) is 3. The normalized spacial score (nSPS) is 10.8. The van der Waals surface area contributed by atoms with E-state index in [9.17, 15) is 5.11 Å². The van der Waals surface area contributed by atoms with Crippen molar-refractivity contribution in [1.82, 2.24) is 4.98 Å². The molecule has 0 amide bonds. The second-order valence-electron chi connectivity index (χ2n) is 5.70. The van der Waals surface area contributed by atoms with E-state index in [0.717, 1.165) is 33.6 Å². The molecule has 0 fully saturated rings. The summed E-state index contributed by atoms with van der Waals surface area (Å²) in [4.78, 5) is 4.82. The minimum absolute atomic E-state index is 0.246. The number of rotatable bonds is 3. The average molecular weight is 364 g/mol. The van der Waals surface area contributed by atoms with Crippen molar-refractivity contribution in [2.45, 2.75) is 0 Å². The third kappa shape index (κ3) is 3.43. The first-order valence-electron chi connectivity index (χ1n) is 7.79. The van der Waals surface area contributed by atoms with Crippen LogP contribution in [0.25, 0.3) is 33.6 Å². The summed E-state index contributed by atoms with van der Waals surface area (Å²) in [7, 11) is 0. The molecule has 0 radical (unpaired) electrons. The van der Waals surface area contributed by atoms with E-state index in [0.29, 0.717) is 5.02 Å². The van der Waals surface area contributed by atoms with Gasteiger partial charge in [-0.25, -0.2) is 4.98 Å². The Labute approximate surface area is 155 Å². The third-order valence-electron chi connectivity index (χ3n) is 3.94. The third-order valence-corrected chi connectivity index (χ3v) is 4.86. The van der Waals surface area contributed by atoms with Crippen molar-refractivity contribution in [2.75, 3.05) is 0 Å². The quantitative estimate of drug-likeness (QED) is 0.450. The zero-order valence-corrected chi connectivity index (χ0v) is 14.8. The standard InChI is InChI=1S/C21H14ClNOS/c22-18-5-1-4-15(9-18)20-11-17(14-3-2-6-19(24)10-14)12-21(23-20)16-7-8-25-13-16/h1-13,24H. The molecule has 0 bridgehead atoms. The molecule has 0 unspecified atom stereocenters. The second kappa shape index (κ2) is 6.71. The molecule has 0 atom stereocenters. The number of pyridine rings is 1. The first-order chi connectivity index (χ1) is 12.2. The fourth-order valence-corrected chi connectivity index (χ4v) is 3.58. The van der Waals surface area contributed by atoms with Gasteiger partial charge in [-0.1, -0.05) is 35.9 Å². The molecule has 0 saturated carbocycles. The highest BCUT2D eigenvalue weighted by Gasteiger charge is 2.10. The van der Waals surface area contributed by atoms with Crippen LogP contribution in [0.2, 0.25) is 5.02 Å². The first-order valence-corrected chi connectivity index (χ1v) is 9.11. The van der Waals surface area contributed by atoms with Gasteiger partial charge in [-0.2, -0.15) is 11.3 Å². The van der Waals surface area contributed by atoms with Crippen LogP contribution in [0.3, 0.4) is 0 Å². The minimum Gasteiger partial charge on any atom is -0.508 e. The van der Waals surface area contributed by atoms with E-state index in [1.165, 1.54) is 0 Å². The van der Waals surface area contributed by atoms with Crippen molar-refractivity contribution >= 4 is 22.9 Å². The van der Waals surface area contributed by atoms with Crippen molar-refractivity contribution in [3.8, 4) is 39.4 Å². The van der Waals surface area contributed by atoms with Gasteiger partial charge in [-0.15, -0.1) is 0 Å². The Balaban J connectivity index is 1.92. The van der Waals surface area contributed by atoms with E-state index in [-0.39, 0.29) is 5.75 Å². The smallest absolute Gasteiger partial charge is 0.116 e.